The number of esters is 1. The fourth-order valence-corrected chi connectivity index (χ4v) is 1.04. The molecule has 0 radical (unpaired) electrons. The van der Waals surface area contributed by atoms with E-state index < -0.39 is 33.8 Å². The van der Waals surface area contributed by atoms with Gasteiger partial charge in [-0.25, -0.2) is 9.18 Å². The summed E-state index contributed by atoms with van der Waals surface area (Å²) in [5.41, 5.74) is -1.68. The molecule has 1 aromatic rings. The van der Waals surface area contributed by atoms with Gasteiger partial charge in [0.25, 0.3) is 0 Å². The summed E-state index contributed by atoms with van der Waals surface area (Å²) < 4.78 is 30.7. The van der Waals surface area contributed by atoms with Crippen LogP contribution in [0.1, 0.15) is 17.3 Å². The molecule has 1 rings (SSSR count). The van der Waals surface area contributed by atoms with Gasteiger partial charge >= 0.3 is 11.7 Å². The first-order valence-corrected chi connectivity index (χ1v) is 4.28. The van der Waals surface area contributed by atoms with Gasteiger partial charge in [0.1, 0.15) is 5.82 Å². The average Bonchev–Trinajstić information content (AvgIpc) is 2.20. The van der Waals surface area contributed by atoms with Crippen molar-refractivity contribution in [3.05, 3.63) is 39.4 Å². The second kappa shape index (κ2) is 4.65. The molecule has 0 aromatic heterocycles. The van der Waals surface area contributed by atoms with Crippen LogP contribution in [0.3, 0.4) is 0 Å². The number of hydrogen-bond acceptors (Lipinski definition) is 4. The molecule has 5 nitrogen and oxygen atoms in total. The van der Waals surface area contributed by atoms with Crippen molar-refractivity contribution in [3.63, 3.8) is 0 Å². The molecule has 86 valence electrons. The van der Waals surface area contributed by atoms with Crippen molar-refractivity contribution in [2.24, 2.45) is 0 Å². The number of carbonyl (C=O) groups is 1. The van der Waals surface area contributed by atoms with Crippen LogP contribution in [0.2, 0.25) is 0 Å². The molecule has 1 aromatic carbocycles. The Labute approximate surface area is 88.8 Å². The molecule has 0 bridgehead atoms. The Bertz CT molecular complexity index is 447. The summed E-state index contributed by atoms with van der Waals surface area (Å²) >= 11 is 0. The van der Waals surface area contributed by atoms with E-state index in [2.05, 4.69) is 4.74 Å². The topological polar surface area (TPSA) is 69.4 Å². The number of halogens is 2. The van der Waals surface area contributed by atoms with Crippen LogP contribution in [0, 0.1) is 21.7 Å². The minimum atomic E-state index is -1.28. The Balaban J connectivity index is 3.20. The predicted octanol–water partition coefficient (Wildman–Crippen LogP) is 2.05. The minimum Gasteiger partial charge on any atom is -0.462 e. The van der Waals surface area contributed by atoms with E-state index >= 15 is 0 Å². The first kappa shape index (κ1) is 12.0. The predicted molar refractivity (Wildman–Crippen MR) is 49.0 cm³/mol. The van der Waals surface area contributed by atoms with E-state index in [1.807, 2.05) is 0 Å². The van der Waals surface area contributed by atoms with Crippen LogP contribution in [0.15, 0.2) is 12.1 Å². The molecule has 0 N–H and O–H groups in total. The fraction of sp³-hybridized carbons (Fsp3) is 0.222. The van der Waals surface area contributed by atoms with E-state index in [0.29, 0.717) is 12.1 Å². The van der Waals surface area contributed by atoms with E-state index in [1.54, 1.807) is 0 Å². The van der Waals surface area contributed by atoms with Gasteiger partial charge in [-0.15, -0.1) is 0 Å². The maximum absolute atomic E-state index is 13.2. The molecular formula is C9H7F2NO4. The second-order valence-corrected chi connectivity index (χ2v) is 2.76. The Morgan fingerprint density at radius 3 is 2.56 bits per heavy atom. The molecular weight excluding hydrogens is 224 g/mol. The number of carbonyl (C=O) groups excluding carboxylic acids is 1. The van der Waals surface area contributed by atoms with Gasteiger partial charge in [0.2, 0.25) is 5.82 Å². The standard InChI is InChI=1S/C9H7F2NO4/c1-2-16-9(13)5-3-7(11)8(12(14)15)4-6(5)10/h3-4H,2H2,1H3. The highest BCUT2D eigenvalue weighted by Gasteiger charge is 2.22. The lowest BCUT2D eigenvalue weighted by Gasteiger charge is -2.03. The van der Waals surface area contributed by atoms with Gasteiger partial charge < -0.3 is 4.74 Å². The highest BCUT2D eigenvalue weighted by Crippen LogP contribution is 2.21. The van der Waals surface area contributed by atoms with E-state index in [0.717, 1.165) is 0 Å². The van der Waals surface area contributed by atoms with Crippen molar-refractivity contribution in [1.82, 2.24) is 0 Å². The highest BCUT2D eigenvalue weighted by atomic mass is 19.1. The van der Waals surface area contributed by atoms with Crippen LogP contribution in [-0.4, -0.2) is 17.5 Å². The number of benzene rings is 1. The van der Waals surface area contributed by atoms with E-state index in [1.165, 1.54) is 6.92 Å². The summed E-state index contributed by atoms with van der Waals surface area (Å²) in [7, 11) is 0. The van der Waals surface area contributed by atoms with Gasteiger partial charge in [0.15, 0.2) is 0 Å². The Morgan fingerprint density at radius 2 is 2.06 bits per heavy atom. The highest BCUT2D eigenvalue weighted by molar-refractivity contribution is 5.90. The Kier molecular flexibility index (Phi) is 3.49. The molecule has 0 saturated carbocycles. The molecule has 7 heteroatoms. The lowest BCUT2D eigenvalue weighted by atomic mass is 10.2. The lowest BCUT2D eigenvalue weighted by molar-refractivity contribution is -0.387. The van der Waals surface area contributed by atoms with Gasteiger partial charge in [-0.1, -0.05) is 0 Å². The Morgan fingerprint density at radius 1 is 1.44 bits per heavy atom. The van der Waals surface area contributed by atoms with Crippen molar-refractivity contribution in [1.29, 1.82) is 0 Å². The summed E-state index contributed by atoms with van der Waals surface area (Å²) in [4.78, 5) is 20.3. The van der Waals surface area contributed by atoms with Gasteiger partial charge in [0, 0.05) is 0 Å². The SMILES string of the molecule is CCOC(=O)c1cc(F)c([N+](=O)[O-])cc1F. The van der Waals surface area contributed by atoms with Crippen molar-refractivity contribution in [2.75, 3.05) is 6.61 Å². The average molecular weight is 231 g/mol. The van der Waals surface area contributed by atoms with E-state index in [4.69, 9.17) is 0 Å². The van der Waals surface area contributed by atoms with Crippen molar-refractivity contribution in [3.8, 4) is 0 Å². The van der Waals surface area contributed by atoms with Crippen LogP contribution in [-0.2, 0) is 4.74 Å². The number of hydrogen-bond donors (Lipinski definition) is 0. The number of nitro groups is 1. The quantitative estimate of drug-likeness (QED) is 0.453. The molecule has 0 aliphatic carbocycles. The molecule has 0 fully saturated rings. The maximum Gasteiger partial charge on any atom is 0.341 e. The summed E-state index contributed by atoms with van der Waals surface area (Å²) in [5.74, 6) is -3.53. The third-order valence-electron chi connectivity index (χ3n) is 1.73. The third kappa shape index (κ3) is 2.30. The first-order valence-electron chi connectivity index (χ1n) is 4.28. The largest absolute Gasteiger partial charge is 0.462 e. The van der Waals surface area contributed by atoms with E-state index in [-0.39, 0.29) is 6.61 Å². The van der Waals surface area contributed by atoms with Crippen LogP contribution in [0.4, 0.5) is 14.5 Å². The lowest BCUT2D eigenvalue weighted by Crippen LogP contribution is -2.08. The summed E-state index contributed by atoms with van der Waals surface area (Å²) in [6, 6.07) is 0.799. The number of nitro benzene ring substituents is 1. The third-order valence-corrected chi connectivity index (χ3v) is 1.73. The van der Waals surface area contributed by atoms with Crippen molar-refractivity contribution < 1.29 is 23.2 Å². The van der Waals surface area contributed by atoms with Gasteiger partial charge in [-0.2, -0.15) is 4.39 Å². The first-order chi connectivity index (χ1) is 7.47. The fourth-order valence-electron chi connectivity index (χ4n) is 1.04. The molecule has 0 spiro atoms. The number of rotatable bonds is 3. The molecule has 0 atom stereocenters. The molecule has 0 aliphatic heterocycles. The molecule has 0 saturated heterocycles. The molecule has 0 amide bonds. The van der Waals surface area contributed by atoms with Crippen LogP contribution >= 0.6 is 0 Å². The molecule has 0 aliphatic rings. The van der Waals surface area contributed by atoms with Crippen molar-refractivity contribution in [2.45, 2.75) is 6.92 Å². The zero-order chi connectivity index (χ0) is 12.3. The van der Waals surface area contributed by atoms with Gasteiger partial charge in [-0.05, 0) is 13.0 Å². The summed E-state index contributed by atoms with van der Waals surface area (Å²) in [5, 5.41) is 10.3. The second-order valence-electron chi connectivity index (χ2n) is 2.76. The Hall–Kier alpha value is -2.05. The van der Waals surface area contributed by atoms with Crippen molar-refractivity contribution >= 4 is 11.7 Å². The molecule has 0 heterocycles. The normalized spacial score (nSPS) is 9.94. The van der Waals surface area contributed by atoms with Crippen LogP contribution < -0.4 is 0 Å². The monoisotopic (exact) mass is 231 g/mol. The van der Waals surface area contributed by atoms with Crippen LogP contribution in [0.25, 0.3) is 0 Å². The molecule has 0 unspecified atom stereocenters. The zero-order valence-corrected chi connectivity index (χ0v) is 8.20. The van der Waals surface area contributed by atoms with Gasteiger partial charge in [-0.3, -0.25) is 10.1 Å². The number of nitrogens with zero attached hydrogens (tertiary/aromatic N) is 1. The molecule has 16 heavy (non-hydrogen) atoms. The van der Waals surface area contributed by atoms with E-state index in [9.17, 15) is 23.7 Å². The van der Waals surface area contributed by atoms with Gasteiger partial charge in [0.05, 0.1) is 23.2 Å². The smallest absolute Gasteiger partial charge is 0.341 e. The maximum atomic E-state index is 13.2. The number of ether oxygens (including phenoxy) is 1. The zero-order valence-electron chi connectivity index (χ0n) is 8.20. The minimum absolute atomic E-state index is 0.00310. The van der Waals surface area contributed by atoms with Crippen LogP contribution in [0.5, 0.6) is 0 Å². The summed E-state index contributed by atoms with van der Waals surface area (Å²) in [6.07, 6.45) is 0. The summed E-state index contributed by atoms with van der Waals surface area (Å²) in [6.45, 7) is 1.49.